The zero-order valence-corrected chi connectivity index (χ0v) is 10.8. The van der Waals surface area contributed by atoms with Crippen molar-refractivity contribution in [3.63, 3.8) is 0 Å². The number of rotatable bonds is 3. The summed E-state index contributed by atoms with van der Waals surface area (Å²) in [5, 5.41) is 3.27. The minimum absolute atomic E-state index is 0.405. The van der Waals surface area contributed by atoms with Crippen molar-refractivity contribution in [2.45, 2.75) is 20.8 Å². The van der Waals surface area contributed by atoms with Crippen LogP contribution in [0.5, 0.6) is 0 Å². The van der Waals surface area contributed by atoms with E-state index in [1.807, 2.05) is 19.1 Å². The van der Waals surface area contributed by atoms with Crippen molar-refractivity contribution in [3.8, 4) is 0 Å². The number of hydrazine groups is 1. The Morgan fingerprint density at radius 1 is 1.06 bits per heavy atom. The second-order valence-electron chi connectivity index (χ2n) is 4.31. The van der Waals surface area contributed by atoms with Crippen molar-refractivity contribution < 1.29 is 0 Å². The molecule has 18 heavy (non-hydrogen) atoms. The van der Waals surface area contributed by atoms with Gasteiger partial charge >= 0.3 is 0 Å². The van der Waals surface area contributed by atoms with Gasteiger partial charge in [0, 0.05) is 17.4 Å². The van der Waals surface area contributed by atoms with Gasteiger partial charge in [0.15, 0.2) is 0 Å². The monoisotopic (exact) mass is 243 g/mol. The third kappa shape index (κ3) is 2.75. The Morgan fingerprint density at radius 3 is 2.50 bits per heavy atom. The number of hydrogen-bond donors (Lipinski definition) is 3. The molecule has 2 aromatic rings. The summed E-state index contributed by atoms with van der Waals surface area (Å²) in [7, 11) is 0. The Labute approximate surface area is 106 Å². The number of aryl methyl sites for hydroxylation is 3. The summed E-state index contributed by atoms with van der Waals surface area (Å²) in [6.07, 6.45) is 0. The van der Waals surface area contributed by atoms with Crippen LogP contribution in [0.15, 0.2) is 24.3 Å². The Kier molecular flexibility index (Phi) is 3.43. The zero-order valence-electron chi connectivity index (χ0n) is 10.8. The molecule has 0 bridgehead atoms. The van der Waals surface area contributed by atoms with Gasteiger partial charge in [0.05, 0.1) is 0 Å². The van der Waals surface area contributed by atoms with Crippen LogP contribution in [0.1, 0.15) is 16.8 Å². The maximum Gasteiger partial charge on any atom is 0.239 e. The smallest absolute Gasteiger partial charge is 0.239 e. The molecular formula is C13H17N5. The van der Waals surface area contributed by atoms with Gasteiger partial charge in [-0.25, -0.2) is 10.8 Å². The first-order chi connectivity index (χ1) is 8.58. The molecule has 1 aromatic heterocycles. The molecule has 5 nitrogen and oxygen atoms in total. The second kappa shape index (κ2) is 5.01. The molecule has 94 valence electrons. The quantitative estimate of drug-likeness (QED) is 0.570. The van der Waals surface area contributed by atoms with Crippen LogP contribution in [-0.4, -0.2) is 9.97 Å². The van der Waals surface area contributed by atoms with E-state index >= 15 is 0 Å². The lowest BCUT2D eigenvalue weighted by molar-refractivity contribution is 1.07. The fourth-order valence-electron chi connectivity index (χ4n) is 1.79. The van der Waals surface area contributed by atoms with Gasteiger partial charge in [0.2, 0.25) is 5.95 Å². The highest BCUT2D eigenvalue weighted by Gasteiger charge is 2.03. The summed E-state index contributed by atoms with van der Waals surface area (Å²) in [4.78, 5) is 8.40. The molecule has 0 aliphatic heterocycles. The van der Waals surface area contributed by atoms with Crippen molar-refractivity contribution in [3.05, 3.63) is 41.1 Å². The van der Waals surface area contributed by atoms with E-state index in [1.165, 1.54) is 11.1 Å². The number of nitrogens with zero attached hydrogens (tertiary/aromatic N) is 2. The molecule has 0 amide bonds. The molecule has 0 atom stereocenters. The van der Waals surface area contributed by atoms with Crippen molar-refractivity contribution >= 4 is 17.5 Å². The Balaban J connectivity index is 2.30. The second-order valence-corrected chi connectivity index (χ2v) is 4.31. The summed E-state index contributed by atoms with van der Waals surface area (Å²) < 4.78 is 0. The maximum atomic E-state index is 5.33. The molecule has 1 heterocycles. The van der Waals surface area contributed by atoms with Crippen LogP contribution in [0, 0.1) is 20.8 Å². The maximum absolute atomic E-state index is 5.33. The van der Waals surface area contributed by atoms with Gasteiger partial charge in [-0.15, -0.1) is 0 Å². The van der Waals surface area contributed by atoms with E-state index in [0.717, 1.165) is 17.2 Å². The van der Waals surface area contributed by atoms with Gasteiger partial charge in [-0.05, 0) is 32.4 Å². The van der Waals surface area contributed by atoms with E-state index in [9.17, 15) is 0 Å². The molecule has 0 saturated heterocycles. The number of nitrogen functional groups attached to an aromatic ring is 1. The van der Waals surface area contributed by atoms with Gasteiger partial charge in [-0.1, -0.05) is 17.7 Å². The summed E-state index contributed by atoms with van der Waals surface area (Å²) in [6.45, 7) is 6.03. The zero-order chi connectivity index (χ0) is 13.1. The van der Waals surface area contributed by atoms with Gasteiger partial charge in [-0.3, -0.25) is 5.43 Å². The van der Waals surface area contributed by atoms with Crippen LogP contribution >= 0.6 is 0 Å². The highest BCUT2D eigenvalue weighted by molar-refractivity contribution is 5.61. The van der Waals surface area contributed by atoms with Crippen LogP contribution < -0.4 is 16.6 Å². The number of nitrogens with one attached hydrogen (secondary N) is 2. The fourth-order valence-corrected chi connectivity index (χ4v) is 1.79. The topological polar surface area (TPSA) is 75.9 Å². The molecule has 0 saturated carbocycles. The highest BCUT2D eigenvalue weighted by atomic mass is 15.3. The molecule has 0 unspecified atom stereocenters. The lowest BCUT2D eigenvalue weighted by Gasteiger charge is -2.11. The average Bonchev–Trinajstić information content (AvgIpc) is 2.32. The van der Waals surface area contributed by atoms with E-state index < -0.39 is 0 Å². The molecule has 0 aliphatic carbocycles. The molecule has 4 N–H and O–H groups in total. The fraction of sp³-hybridized carbons (Fsp3) is 0.231. The first-order valence-electron chi connectivity index (χ1n) is 5.75. The number of nitrogens with two attached hydrogens (primary N) is 1. The summed E-state index contributed by atoms with van der Waals surface area (Å²) in [6, 6.07) is 8.10. The van der Waals surface area contributed by atoms with Gasteiger partial charge in [0.1, 0.15) is 5.82 Å². The van der Waals surface area contributed by atoms with Crippen molar-refractivity contribution in [2.75, 3.05) is 10.7 Å². The molecule has 0 radical (unpaired) electrons. The summed E-state index contributed by atoms with van der Waals surface area (Å²) in [5.74, 6) is 6.46. The predicted octanol–water partition coefficient (Wildman–Crippen LogP) is 2.43. The first kappa shape index (κ1) is 12.3. The minimum atomic E-state index is 0.405. The van der Waals surface area contributed by atoms with E-state index in [-0.39, 0.29) is 0 Å². The summed E-state index contributed by atoms with van der Waals surface area (Å²) >= 11 is 0. The van der Waals surface area contributed by atoms with E-state index in [2.05, 4.69) is 46.7 Å². The molecule has 0 aliphatic rings. The minimum Gasteiger partial charge on any atom is -0.340 e. The molecule has 0 spiro atoms. The third-order valence-corrected chi connectivity index (χ3v) is 2.63. The Hall–Kier alpha value is -2.14. The van der Waals surface area contributed by atoms with E-state index in [4.69, 9.17) is 5.84 Å². The van der Waals surface area contributed by atoms with Crippen LogP contribution in [0.25, 0.3) is 0 Å². The number of benzene rings is 1. The van der Waals surface area contributed by atoms with Crippen molar-refractivity contribution in [2.24, 2.45) is 5.84 Å². The van der Waals surface area contributed by atoms with Gasteiger partial charge < -0.3 is 5.32 Å². The highest BCUT2D eigenvalue weighted by Crippen LogP contribution is 2.21. The van der Waals surface area contributed by atoms with Crippen molar-refractivity contribution in [1.29, 1.82) is 0 Å². The SMILES string of the molecule is Cc1ccc(Nc2cc(C)nc(NN)n2)c(C)c1. The van der Waals surface area contributed by atoms with Gasteiger partial charge in [-0.2, -0.15) is 4.98 Å². The molecule has 1 aromatic carbocycles. The first-order valence-corrected chi connectivity index (χ1v) is 5.75. The van der Waals surface area contributed by atoms with Crippen LogP contribution in [0.3, 0.4) is 0 Å². The normalized spacial score (nSPS) is 10.2. The van der Waals surface area contributed by atoms with Crippen LogP contribution in [-0.2, 0) is 0 Å². The standard InChI is InChI=1S/C13H17N5/c1-8-4-5-11(9(2)6-8)16-12-7-10(3)15-13(17-12)18-14/h4-7H,14H2,1-3H3,(H2,15,16,17,18). The average molecular weight is 243 g/mol. The molecular weight excluding hydrogens is 226 g/mol. The lowest BCUT2D eigenvalue weighted by Crippen LogP contribution is -2.12. The molecule has 5 heteroatoms. The Bertz CT molecular complexity index is 565. The molecule has 2 rings (SSSR count). The lowest BCUT2D eigenvalue weighted by atomic mass is 10.1. The van der Waals surface area contributed by atoms with Crippen LogP contribution in [0.4, 0.5) is 17.5 Å². The molecule has 0 fully saturated rings. The van der Waals surface area contributed by atoms with E-state index in [1.54, 1.807) is 0 Å². The van der Waals surface area contributed by atoms with Crippen molar-refractivity contribution in [1.82, 2.24) is 9.97 Å². The van der Waals surface area contributed by atoms with Crippen LogP contribution in [0.2, 0.25) is 0 Å². The van der Waals surface area contributed by atoms with Gasteiger partial charge in [0.25, 0.3) is 0 Å². The van der Waals surface area contributed by atoms with E-state index in [0.29, 0.717) is 5.95 Å². The third-order valence-electron chi connectivity index (χ3n) is 2.63. The number of anilines is 3. The summed E-state index contributed by atoms with van der Waals surface area (Å²) in [5.41, 5.74) is 6.75. The number of aromatic nitrogens is 2. The predicted molar refractivity (Wildman–Crippen MR) is 73.8 cm³/mol. The Morgan fingerprint density at radius 2 is 1.83 bits per heavy atom. The number of hydrogen-bond acceptors (Lipinski definition) is 5. The largest absolute Gasteiger partial charge is 0.340 e.